The third-order valence-electron chi connectivity index (χ3n) is 3.30. The van der Waals surface area contributed by atoms with Crippen LogP contribution in [0.5, 0.6) is 5.75 Å². The van der Waals surface area contributed by atoms with E-state index in [2.05, 4.69) is 0 Å². The Bertz CT molecular complexity index is 757. The molecule has 0 radical (unpaired) electrons. The Morgan fingerprint density at radius 2 is 2.05 bits per heavy atom. The van der Waals surface area contributed by atoms with Crippen LogP contribution in [0.4, 0.5) is 0 Å². The van der Waals surface area contributed by atoms with Crippen LogP contribution < -0.4 is 11.2 Å². The lowest BCUT2D eigenvalue weighted by Gasteiger charge is -2.11. The SMILES string of the molecule is COCCCn1c(C)cc2oc(=O)c(C)c(O)c2c1=O. The Hall–Kier alpha value is -2.08. The lowest BCUT2D eigenvalue weighted by atomic mass is 10.2. The van der Waals surface area contributed by atoms with Gasteiger partial charge >= 0.3 is 5.63 Å². The number of nitrogens with zero attached hydrogens (tertiary/aromatic N) is 1. The van der Waals surface area contributed by atoms with E-state index in [9.17, 15) is 14.7 Å². The normalized spacial score (nSPS) is 11.2. The fourth-order valence-corrected chi connectivity index (χ4v) is 2.14. The van der Waals surface area contributed by atoms with Gasteiger partial charge in [-0.05, 0) is 20.3 Å². The van der Waals surface area contributed by atoms with E-state index in [1.807, 2.05) is 0 Å². The van der Waals surface area contributed by atoms with Crippen molar-refractivity contribution >= 4 is 11.0 Å². The van der Waals surface area contributed by atoms with Crippen molar-refractivity contribution in [1.82, 2.24) is 4.57 Å². The predicted molar refractivity (Wildman–Crippen MR) is 74.4 cm³/mol. The van der Waals surface area contributed by atoms with E-state index in [0.29, 0.717) is 25.3 Å². The Morgan fingerprint density at radius 3 is 2.70 bits per heavy atom. The summed E-state index contributed by atoms with van der Waals surface area (Å²) in [6.45, 7) is 4.20. The smallest absolute Gasteiger partial charge is 0.342 e. The number of aromatic hydroxyl groups is 1. The molecule has 1 N–H and O–H groups in total. The highest BCUT2D eigenvalue weighted by molar-refractivity contribution is 5.83. The quantitative estimate of drug-likeness (QED) is 0.853. The van der Waals surface area contributed by atoms with Crippen LogP contribution in [-0.4, -0.2) is 23.4 Å². The topological polar surface area (TPSA) is 81.7 Å². The number of pyridine rings is 1. The van der Waals surface area contributed by atoms with Gasteiger partial charge in [0.1, 0.15) is 16.7 Å². The molecule has 2 aromatic rings. The molecule has 0 saturated carbocycles. The largest absolute Gasteiger partial charge is 0.506 e. The van der Waals surface area contributed by atoms with Crippen LogP contribution in [0.3, 0.4) is 0 Å². The Morgan fingerprint density at radius 1 is 1.35 bits per heavy atom. The zero-order valence-corrected chi connectivity index (χ0v) is 11.7. The van der Waals surface area contributed by atoms with E-state index in [1.165, 1.54) is 6.92 Å². The molecule has 0 unspecified atom stereocenters. The maximum atomic E-state index is 12.4. The van der Waals surface area contributed by atoms with Crippen LogP contribution in [-0.2, 0) is 11.3 Å². The average molecular weight is 279 g/mol. The first-order valence-corrected chi connectivity index (χ1v) is 6.33. The molecule has 0 amide bonds. The van der Waals surface area contributed by atoms with E-state index in [1.54, 1.807) is 24.7 Å². The maximum Gasteiger partial charge on any atom is 0.342 e. The van der Waals surface area contributed by atoms with E-state index in [-0.39, 0.29) is 27.8 Å². The lowest BCUT2D eigenvalue weighted by molar-refractivity contribution is 0.190. The van der Waals surface area contributed by atoms with Crippen LogP contribution in [0, 0.1) is 13.8 Å². The molecule has 6 nitrogen and oxygen atoms in total. The molecule has 0 spiro atoms. The minimum absolute atomic E-state index is 0.0434. The van der Waals surface area contributed by atoms with Gasteiger partial charge in [0.15, 0.2) is 0 Å². The van der Waals surface area contributed by atoms with Crippen molar-refractivity contribution in [3.8, 4) is 5.75 Å². The van der Waals surface area contributed by atoms with Crippen LogP contribution in [0.2, 0.25) is 0 Å². The van der Waals surface area contributed by atoms with Gasteiger partial charge in [0.05, 0.1) is 5.56 Å². The highest BCUT2D eigenvalue weighted by Gasteiger charge is 2.16. The summed E-state index contributed by atoms with van der Waals surface area (Å²) in [7, 11) is 1.60. The molecule has 0 saturated heterocycles. The number of hydrogen-bond acceptors (Lipinski definition) is 5. The van der Waals surface area contributed by atoms with Gasteiger partial charge in [0.25, 0.3) is 5.56 Å². The monoisotopic (exact) mass is 279 g/mol. The Labute approximate surface area is 115 Å². The summed E-state index contributed by atoms with van der Waals surface area (Å²) in [4.78, 5) is 23.9. The number of rotatable bonds is 4. The Kier molecular flexibility index (Phi) is 3.94. The zero-order chi connectivity index (χ0) is 14.9. The molecule has 0 aliphatic rings. The first-order valence-electron chi connectivity index (χ1n) is 6.33. The van der Waals surface area contributed by atoms with Gasteiger partial charge in [-0.2, -0.15) is 0 Å². The molecular formula is C14H17NO5. The highest BCUT2D eigenvalue weighted by atomic mass is 16.5. The summed E-state index contributed by atoms with van der Waals surface area (Å²) in [5.74, 6) is -0.304. The van der Waals surface area contributed by atoms with Crippen LogP contribution in [0.15, 0.2) is 20.1 Å². The molecule has 6 heteroatoms. The number of hydrogen-bond donors (Lipinski definition) is 1. The van der Waals surface area contributed by atoms with Crippen molar-refractivity contribution < 1.29 is 14.3 Å². The maximum absolute atomic E-state index is 12.4. The standard InChI is InChI=1S/C14H17NO5/c1-8-7-10-11(12(16)9(2)14(18)20-10)13(17)15(8)5-4-6-19-3/h7,16H,4-6H2,1-3H3. The molecule has 2 heterocycles. The molecule has 0 fully saturated rings. The summed E-state index contributed by atoms with van der Waals surface area (Å²) < 4.78 is 11.6. The van der Waals surface area contributed by atoms with Crippen molar-refractivity contribution in [3.63, 3.8) is 0 Å². The predicted octanol–water partition coefficient (Wildman–Crippen LogP) is 1.31. The molecule has 2 rings (SSSR count). The molecule has 0 bridgehead atoms. The van der Waals surface area contributed by atoms with E-state index in [0.717, 1.165) is 0 Å². The van der Waals surface area contributed by atoms with Gasteiger partial charge in [0, 0.05) is 32.0 Å². The number of methoxy groups -OCH3 is 1. The van der Waals surface area contributed by atoms with E-state index in [4.69, 9.17) is 9.15 Å². The molecule has 0 aliphatic heterocycles. The third kappa shape index (κ3) is 2.34. The molecule has 0 aliphatic carbocycles. The zero-order valence-electron chi connectivity index (χ0n) is 11.7. The summed E-state index contributed by atoms with van der Waals surface area (Å²) in [6, 6.07) is 1.59. The summed E-state index contributed by atoms with van der Waals surface area (Å²) in [5.41, 5.74) is -0.165. The summed E-state index contributed by atoms with van der Waals surface area (Å²) >= 11 is 0. The van der Waals surface area contributed by atoms with Crippen molar-refractivity contribution in [2.24, 2.45) is 0 Å². The van der Waals surface area contributed by atoms with Gasteiger partial charge in [-0.25, -0.2) is 4.79 Å². The van der Waals surface area contributed by atoms with Crippen LogP contribution in [0.1, 0.15) is 17.7 Å². The number of fused-ring (bicyclic) bond motifs is 1. The Balaban J connectivity index is 2.68. The van der Waals surface area contributed by atoms with E-state index < -0.39 is 5.63 Å². The molecule has 20 heavy (non-hydrogen) atoms. The van der Waals surface area contributed by atoms with Crippen molar-refractivity contribution in [3.05, 3.63) is 38.1 Å². The van der Waals surface area contributed by atoms with Crippen molar-refractivity contribution in [1.29, 1.82) is 0 Å². The fourth-order valence-electron chi connectivity index (χ4n) is 2.14. The number of aryl methyl sites for hydroxylation is 1. The first-order chi connectivity index (χ1) is 9.47. The summed E-state index contributed by atoms with van der Waals surface area (Å²) in [6.07, 6.45) is 0.680. The van der Waals surface area contributed by atoms with Gasteiger partial charge in [-0.3, -0.25) is 4.79 Å². The third-order valence-corrected chi connectivity index (χ3v) is 3.30. The van der Waals surface area contributed by atoms with Crippen LogP contribution in [0.25, 0.3) is 11.0 Å². The number of ether oxygens (including phenoxy) is 1. The van der Waals surface area contributed by atoms with Crippen LogP contribution >= 0.6 is 0 Å². The van der Waals surface area contributed by atoms with Crippen molar-refractivity contribution in [2.45, 2.75) is 26.8 Å². The molecule has 0 atom stereocenters. The average Bonchev–Trinajstić information content (AvgIpc) is 2.39. The van der Waals surface area contributed by atoms with Gasteiger partial charge in [-0.1, -0.05) is 0 Å². The minimum atomic E-state index is -0.633. The van der Waals surface area contributed by atoms with Gasteiger partial charge in [-0.15, -0.1) is 0 Å². The molecular weight excluding hydrogens is 262 g/mol. The lowest BCUT2D eigenvalue weighted by Crippen LogP contribution is -2.24. The van der Waals surface area contributed by atoms with Gasteiger partial charge in [0.2, 0.25) is 0 Å². The highest BCUT2D eigenvalue weighted by Crippen LogP contribution is 2.23. The minimum Gasteiger partial charge on any atom is -0.506 e. The number of aromatic nitrogens is 1. The molecule has 0 aromatic carbocycles. The molecule has 108 valence electrons. The second kappa shape index (κ2) is 5.50. The fraction of sp³-hybridized carbons (Fsp3) is 0.429. The first kappa shape index (κ1) is 14.3. The second-order valence-electron chi connectivity index (χ2n) is 4.69. The molecule has 2 aromatic heterocycles. The second-order valence-corrected chi connectivity index (χ2v) is 4.69. The van der Waals surface area contributed by atoms with Crippen molar-refractivity contribution in [2.75, 3.05) is 13.7 Å². The van der Waals surface area contributed by atoms with E-state index >= 15 is 0 Å². The summed E-state index contributed by atoms with van der Waals surface area (Å²) in [5, 5.41) is 10.1. The van der Waals surface area contributed by atoms with Gasteiger partial charge < -0.3 is 18.8 Å².